The van der Waals surface area contributed by atoms with E-state index in [9.17, 15) is 4.79 Å². The number of ether oxygens (including phenoxy) is 2. The van der Waals surface area contributed by atoms with E-state index in [4.69, 9.17) is 15.0 Å². The number of carbonyl (C=O) groups excluding carboxylic acids is 1. The van der Waals surface area contributed by atoms with Crippen molar-refractivity contribution in [2.24, 2.45) is 27.8 Å². The SMILES string of the molecule is CC[C@]12CCC(=O)[C@H]1[C@H](CCN=[N+]=[N-])C1(CC2)OCC(C)(C)CO1. The van der Waals surface area contributed by atoms with Gasteiger partial charge in [-0.3, -0.25) is 4.79 Å². The molecule has 3 aliphatic rings. The van der Waals surface area contributed by atoms with E-state index in [1.165, 1.54) is 0 Å². The average molecular weight is 335 g/mol. The third-order valence-electron chi connectivity index (χ3n) is 6.54. The second-order valence-electron chi connectivity index (χ2n) is 8.56. The van der Waals surface area contributed by atoms with Crippen LogP contribution >= 0.6 is 0 Å². The minimum atomic E-state index is -0.677. The first-order valence-electron chi connectivity index (χ1n) is 9.20. The van der Waals surface area contributed by atoms with Crippen molar-refractivity contribution < 1.29 is 14.3 Å². The van der Waals surface area contributed by atoms with E-state index in [0.29, 0.717) is 38.4 Å². The molecule has 2 saturated carbocycles. The molecule has 0 unspecified atom stereocenters. The lowest BCUT2D eigenvalue weighted by Crippen LogP contribution is -2.59. The van der Waals surface area contributed by atoms with Crippen molar-refractivity contribution in [3.05, 3.63) is 10.4 Å². The zero-order valence-electron chi connectivity index (χ0n) is 15.1. The summed E-state index contributed by atoms with van der Waals surface area (Å²) in [5, 5.41) is 3.72. The number of hydrogen-bond donors (Lipinski definition) is 0. The molecule has 6 nitrogen and oxygen atoms in total. The van der Waals surface area contributed by atoms with E-state index in [1.54, 1.807) is 0 Å². The second-order valence-corrected chi connectivity index (χ2v) is 8.56. The van der Waals surface area contributed by atoms with Crippen molar-refractivity contribution in [3.63, 3.8) is 0 Å². The van der Waals surface area contributed by atoms with Gasteiger partial charge in [-0.1, -0.05) is 25.9 Å². The molecule has 24 heavy (non-hydrogen) atoms. The van der Waals surface area contributed by atoms with Crippen LogP contribution in [0, 0.1) is 22.7 Å². The largest absolute Gasteiger partial charge is 0.349 e. The quantitative estimate of drug-likeness (QED) is 0.437. The molecule has 0 bridgehead atoms. The molecule has 3 atom stereocenters. The van der Waals surface area contributed by atoms with E-state index in [1.807, 2.05) is 0 Å². The van der Waals surface area contributed by atoms with Gasteiger partial charge in [0.15, 0.2) is 5.79 Å². The van der Waals surface area contributed by atoms with E-state index in [0.717, 1.165) is 25.7 Å². The lowest BCUT2D eigenvalue weighted by atomic mass is 9.58. The Bertz CT molecular complexity index is 546. The molecule has 2 aliphatic carbocycles. The van der Waals surface area contributed by atoms with E-state index in [2.05, 4.69) is 30.8 Å². The smallest absolute Gasteiger partial charge is 0.171 e. The van der Waals surface area contributed by atoms with Gasteiger partial charge in [-0.05, 0) is 36.6 Å². The Hall–Kier alpha value is -1.10. The molecule has 3 fully saturated rings. The van der Waals surface area contributed by atoms with E-state index < -0.39 is 5.79 Å². The van der Waals surface area contributed by atoms with Gasteiger partial charge >= 0.3 is 0 Å². The highest BCUT2D eigenvalue weighted by Gasteiger charge is 2.62. The lowest BCUT2D eigenvalue weighted by molar-refractivity contribution is -0.346. The monoisotopic (exact) mass is 335 g/mol. The summed E-state index contributed by atoms with van der Waals surface area (Å²) in [6.45, 7) is 8.14. The van der Waals surface area contributed by atoms with Gasteiger partial charge in [-0.2, -0.15) is 0 Å². The van der Waals surface area contributed by atoms with Crippen LogP contribution in [0.3, 0.4) is 0 Å². The van der Waals surface area contributed by atoms with Crippen molar-refractivity contribution in [1.82, 2.24) is 0 Å². The third kappa shape index (κ3) is 2.85. The van der Waals surface area contributed by atoms with Crippen molar-refractivity contribution in [3.8, 4) is 0 Å². The minimum Gasteiger partial charge on any atom is -0.349 e. The van der Waals surface area contributed by atoms with Gasteiger partial charge < -0.3 is 9.47 Å². The molecule has 0 aromatic rings. The second kappa shape index (κ2) is 6.32. The number of hydrogen-bond acceptors (Lipinski definition) is 4. The molecule has 1 spiro atoms. The zero-order chi connectivity index (χ0) is 17.4. The van der Waals surface area contributed by atoms with Crippen LogP contribution < -0.4 is 0 Å². The number of rotatable bonds is 4. The highest BCUT2D eigenvalue weighted by molar-refractivity contribution is 5.85. The predicted molar refractivity (Wildman–Crippen MR) is 90.2 cm³/mol. The summed E-state index contributed by atoms with van der Waals surface area (Å²) in [5.74, 6) is -0.364. The summed E-state index contributed by atoms with van der Waals surface area (Å²) >= 11 is 0. The van der Waals surface area contributed by atoms with Gasteiger partial charge in [-0.15, -0.1) is 0 Å². The number of azide groups is 1. The maximum absolute atomic E-state index is 12.8. The maximum atomic E-state index is 12.8. The topological polar surface area (TPSA) is 84.3 Å². The number of Topliss-reactive ketones (excluding diaryl/α,β-unsaturated/α-hetero) is 1. The standard InChI is InChI=1S/C18H29N3O3/c1-4-17-7-5-14(22)15(17)13(6-10-20-21-19)18(9-8-17)23-11-16(2,3)12-24-18/h13,15H,4-12H2,1-3H3/t13-,15+,17+/m0/s1. The molecule has 0 aromatic carbocycles. The Morgan fingerprint density at radius 2 is 1.96 bits per heavy atom. The zero-order valence-corrected chi connectivity index (χ0v) is 15.1. The lowest BCUT2D eigenvalue weighted by Gasteiger charge is -2.56. The molecule has 134 valence electrons. The number of carbonyl (C=O) groups is 1. The van der Waals surface area contributed by atoms with Crippen molar-refractivity contribution in [2.75, 3.05) is 19.8 Å². The average Bonchev–Trinajstić information content (AvgIpc) is 2.90. The maximum Gasteiger partial charge on any atom is 0.171 e. The molecule has 3 rings (SSSR count). The van der Waals surface area contributed by atoms with Crippen LogP contribution in [0.15, 0.2) is 5.11 Å². The summed E-state index contributed by atoms with van der Waals surface area (Å²) in [6.07, 6.45) is 5.14. The summed E-state index contributed by atoms with van der Waals surface area (Å²) in [4.78, 5) is 15.6. The highest BCUT2D eigenvalue weighted by atomic mass is 16.7. The predicted octanol–water partition coefficient (Wildman–Crippen LogP) is 4.24. The molecule has 0 radical (unpaired) electrons. The van der Waals surface area contributed by atoms with Crippen molar-refractivity contribution in [2.45, 2.75) is 65.1 Å². The normalized spacial score (nSPS) is 37.0. The fourth-order valence-electron chi connectivity index (χ4n) is 5.10. The summed E-state index contributed by atoms with van der Waals surface area (Å²) in [5.41, 5.74) is 8.72. The molecule has 1 aliphatic heterocycles. The Morgan fingerprint density at radius 3 is 2.58 bits per heavy atom. The summed E-state index contributed by atoms with van der Waals surface area (Å²) < 4.78 is 12.6. The summed E-state index contributed by atoms with van der Waals surface area (Å²) in [6, 6.07) is 0. The molecule has 0 N–H and O–H groups in total. The third-order valence-corrected chi connectivity index (χ3v) is 6.54. The van der Waals surface area contributed by atoms with Crippen molar-refractivity contribution in [1.29, 1.82) is 0 Å². The van der Waals surface area contributed by atoms with Gasteiger partial charge in [0.1, 0.15) is 5.78 Å². The van der Waals surface area contributed by atoms with Crippen LogP contribution in [0.5, 0.6) is 0 Å². The van der Waals surface area contributed by atoms with E-state index in [-0.39, 0.29) is 22.7 Å². The number of nitrogens with zero attached hydrogens (tertiary/aromatic N) is 3. The summed E-state index contributed by atoms with van der Waals surface area (Å²) in [7, 11) is 0. The molecular weight excluding hydrogens is 306 g/mol. The minimum absolute atomic E-state index is 0.000413. The molecular formula is C18H29N3O3. The Balaban J connectivity index is 1.91. The van der Waals surface area contributed by atoms with Crippen LogP contribution in [-0.4, -0.2) is 31.3 Å². The molecule has 1 heterocycles. The first kappa shape index (κ1) is 17.7. The van der Waals surface area contributed by atoms with Gasteiger partial charge in [0.2, 0.25) is 0 Å². The molecule has 0 amide bonds. The molecule has 0 aromatic heterocycles. The van der Waals surface area contributed by atoms with Crippen LogP contribution in [0.25, 0.3) is 10.4 Å². The highest BCUT2D eigenvalue weighted by Crippen LogP contribution is 2.60. The molecule has 6 heteroatoms. The van der Waals surface area contributed by atoms with Crippen LogP contribution in [0.1, 0.15) is 59.3 Å². The first-order valence-corrected chi connectivity index (χ1v) is 9.20. The number of ketones is 1. The van der Waals surface area contributed by atoms with Crippen LogP contribution in [0.2, 0.25) is 0 Å². The Kier molecular flexibility index (Phi) is 4.67. The van der Waals surface area contributed by atoms with Crippen LogP contribution in [-0.2, 0) is 14.3 Å². The van der Waals surface area contributed by atoms with Crippen LogP contribution in [0.4, 0.5) is 0 Å². The Morgan fingerprint density at radius 1 is 1.25 bits per heavy atom. The number of fused-ring (bicyclic) bond motifs is 1. The fraction of sp³-hybridized carbons (Fsp3) is 0.944. The first-order chi connectivity index (χ1) is 11.4. The van der Waals surface area contributed by atoms with Crippen molar-refractivity contribution >= 4 is 5.78 Å². The van der Waals surface area contributed by atoms with Gasteiger partial charge in [-0.25, -0.2) is 0 Å². The van der Waals surface area contributed by atoms with Gasteiger partial charge in [0.25, 0.3) is 0 Å². The van der Waals surface area contributed by atoms with Gasteiger partial charge in [0.05, 0.1) is 13.2 Å². The fourth-order valence-corrected chi connectivity index (χ4v) is 5.10. The van der Waals surface area contributed by atoms with Gasteiger partial charge in [0, 0.05) is 41.5 Å². The van der Waals surface area contributed by atoms with E-state index >= 15 is 0 Å². The molecule has 1 saturated heterocycles. The Labute approximate surface area is 143 Å².